The lowest BCUT2D eigenvalue weighted by molar-refractivity contribution is -0.333. The second kappa shape index (κ2) is 36.1. The minimum atomic E-state index is -1.74. The second-order valence-corrected chi connectivity index (χ2v) is 17.8. The fourth-order valence-electron chi connectivity index (χ4n) is 8.08. The van der Waals surface area contributed by atoms with E-state index in [-0.39, 0.29) is 19.6 Å². The van der Waals surface area contributed by atoms with E-state index in [0.717, 1.165) is 38.5 Å². The van der Waals surface area contributed by atoms with Crippen molar-refractivity contribution in [2.75, 3.05) is 26.4 Å². The number of hydrogen-bond donors (Lipinski definition) is 8. The van der Waals surface area contributed by atoms with Gasteiger partial charge < -0.3 is 69.3 Å². The summed E-state index contributed by atoms with van der Waals surface area (Å²) in [6.45, 7) is 2.77. The van der Waals surface area contributed by atoms with E-state index in [0.29, 0.717) is 12.8 Å². The van der Waals surface area contributed by atoms with Crippen molar-refractivity contribution in [3.05, 3.63) is 0 Å². The summed E-state index contributed by atoms with van der Waals surface area (Å²) in [4.78, 5) is 13.0. The average molecular weight is 895 g/mol. The summed E-state index contributed by atoms with van der Waals surface area (Å²) in [5.74, 6) is -0.456. The Kier molecular flexibility index (Phi) is 33.2. The van der Waals surface area contributed by atoms with E-state index >= 15 is 0 Å². The zero-order valence-electron chi connectivity index (χ0n) is 38.5. The van der Waals surface area contributed by atoms with Gasteiger partial charge >= 0.3 is 5.97 Å². The molecule has 2 aliphatic rings. The van der Waals surface area contributed by atoms with Crippen molar-refractivity contribution in [3.8, 4) is 0 Å². The summed E-state index contributed by atoms with van der Waals surface area (Å²) < 4.78 is 33.8. The normalized spacial score (nSPS) is 27.6. The van der Waals surface area contributed by atoms with Crippen LogP contribution in [0.2, 0.25) is 0 Å². The fourth-order valence-corrected chi connectivity index (χ4v) is 8.08. The molecule has 0 amide bonds. The Hall–Kier alpha value is -1.05. The van der Waals surface area contributed by atoms with E-state index in [4.69, 9.17) is 28.4 Å². The van der Waals surface area contributed by atoms with Crippen molar-refractivity contribution in [3.63, 3.8) is 0 Å². The Morgan fingerprint density at radius 2 is 0.903 bits per heavy atom. The first-order valence-electron chi connectivity index (χ1n) is 24.8. The molecule has 62 heavy (non-hydrogen) atoms. The maximum atomic E-state index is 13.0. The summed E-state index contributed by atoms with van der Waals surface area (Å²) in [6.07, 6.45) is 13.9. The highest BCUT2D eigenvalue weighted by atomic mass is 16.7. The molecule has 2 heterocycles. The van der Waals surface area contributed by atoms with Crippen LogP contribution in [0.4, 0.5) is 0 Å². The van der Waals surface area contributed by atoms with Crippen molar-refractivity contribution in [2.24, 2.45) is 0 Å². The lowest BCUT2D eigenvalue weighted by Gasteiger charge is -2.42. The molecule has 15 heteroatoms. The van der Waals surface area contributed by atoms with E-state index in [2.05, 4.69) is 13.8 Å². The predicted molar refractivity (Wildman–Crippen MR) is 235 cm³/mol. The molecule has 2 fully saturated rings. The van der Waals surface area contributed by atoms with Crippen molar-refractivity contribution in [1.82, 2.24) is 0 Å². The monoisotopic (exact) mass is 895 g/mol. The molecule has 0 aromatic heterocycles. The van der Waals surface area contributed by atoms with Crippen LogP contribution >= 0.6 is 0 Å². The predicted octanol–water partition coefficient (Wildman–Crippen LogP) is 5.84. The van der Waals surface area contributed by atoms with E-state index < -0.39 is 93.0 Å². The maximum Gasteiger partial charge on any atom is 0.306 e. The molecule has 15 nitrogen and oxygen atoms in total. The second-order valence-electron chi connectivity index (χ2n) is 17.8. The minimum absolute atomic E-state index is 0.193. The van der Waals surface area contributed by atoms with Gasteiger partial charge in [-0.2, -0.15) is 0 Å². The third kappa shape index (κ3) is 24.5. The summed E-state index contributed by atoms with van der Waals surface area (Å²) in [7, 11) is 0. The molecule has 0 aliphatic carbocycles. The van der Waals surface area contributed by atoms with Gasteiger partial charge in [0.15, 0.2) is 18.9 Å². The van der Waals surface area contributed by atoms with Gasteiger partial charge in [-0.25, -0.2) is 0 Å². The van der Waals surface area contributed by atoms with Gasteiger partial charge in [0.2, 0.25) is 0 Å². The standard InChI is InChI=1S/C47H90O15/c1-3-5-7-9-11-13-15-17-19-21-23-25-27-29-38(49)57-32-35(60-39(50)30-28-26-24-22-20-18-16-14-12-10-8-6-4-2)33-58-46-45(56)43(54)41(52)37(62-46)34-59-47-44(55)42(53)40(51)36(31-48)61-47/h35-38,40-49,51-56H,3-34H2,1-2H3/t35-,36-,37-,38?,40+,41+,42+,43+,44-,45-,46-,47+/m1/s1. The number of hydrogen-bond acceptors (Lipinski definition) is 15. The van der Waals surface area contributed by atoms with E-state index in [1.807, 2.05) is 0 Å². The highest BCUT2D eigenvalue weighted by Gasteiger charge is 2.47. The van der Waals surface area contributed by atoms with Gasteiger partial charge in [0.25, 0.3) is 0 Å². The molecule has 12 atom stereocenters. The first kappa shape index (κ1) is 57.1. The van der Waals surface area contributed by atoms with Crippen LogP contribution in [0.1, 0.15) is 194 Å². The van der Waals surface area contributed by atoms with Crippen molar-refractivity contribution >= 4 is 5.97 Å². The molecular formula is C47H90O15. The highest BCUT2D eigenvalue weighted by molar-refractivity contribution is 5.69. The SMILES string of the molecule is CCCCCCCCCCCCCCCC(=O)O[C@H](COC(O)CCCCCCCCCCCCCCC)CO[C@@H]1O[C@H](CO[C@H]2O[C@H](CO)[C@H](O)[C@H](O)[C@H]2O)[C@H](O)[C@H](O)[C@H]1O. The summed E-state index contributed by atoms with van der Waals surface area (Å²) in [6, 6.07) is 0. The van der Waals surface area contributed by atoms with Crippen LogP contribution in [-0.2, 0) is 33.2 Å². The molecular weight excluding hydrogens is 805 g/mol. The molecule has 2 aliphatic heterocycles. The Bertz CT molecular complexity index is 1050. The van der Waals surface area contributed by atoms with E-state index in [1.165, 1.54) is 122 Å². The molecule has 0 spiro atoms. The number of aliphatic hydroxyl groups is 8. The number of aliphatic hydroxyl groups excluding tert-OH is 8. The zero-order chi connectivity index (χ0) is 45.4. The van der Waals surface area contributed by atoms with Crippen molar-refractivity contribution in [2.45, 2.75) is 267 Å². The van der Waals surface area contributed by atoms with Gasteiger partial charge in [-0.15, -0.1) is 0 Å². The average Bonchev–Trinajstić information content (AvgIpc) is 3.26. The molecule has 1 unspecified atom stereocenters. The molecule has 0 radical (unpaired) electrons. The summed E-state index contributed by atoms with van der Waals surface area (Å²) in [5, 5.41) is 82.6. The summed E-state index contributed by atoms with van der Waals surface area (Å²) in [5.41, 5.74) is 0. The molecule has 8 N–H and O–H groups in total. The Morgan fingerprint density at radius 3 is 1.37 bits per heavy atom. The van der Waals surface area contributed by atoms with Gasteiger partial charge in [0.05, 0.1) is 26.4 Å². The smallest absolute Gasteiger partial charge is 0.306 e. The summed E-state index contributed by atoms with van der Waals surface area (Å²) >= 11 is 0. The Balaban J connectivity index is 1.82. The van der Waals surface area contributed by atoms with Crippen LogP contribution in [0.25, 0.3) is 0 Å². The molecule has 0 aromatic rings. The van der Waals surface area contributed by atoms with Crippen LogP contribution < -0.4 is 0 Å². The number of carbonyl (C=O) groups is 1. The molecule has 2 rings (SSSR count). The number of rotatable bonds is 39. The van der Waals surface area contributed by atoms with Gasteiger partial charge in [0.1, 0.15) is 54.9 Å². The highest BCUT2D eigenvalue weighted by Crippen LogP contribution is 2.27. The fraction of sp³-hybridized carbons (Fsp3) is 0.979. The van der Waals surface area contributed by atoms with Gasteiger partial charge in [0, 0.05) is 6.42 Å². The van der Waals surface area contributed by atoms with Gasteiger partial charge in [-0.05, 0) is 19.3 Å². The first-order chi connectivity index (χ1) is 30.0. The van der Waals surface area contributed by atoms with Gasteiger partial charge in [-0.1, -0.05) is 168 Å². The molecule has 0 bridgehead atoms. The van der Waals surface area contributed by atoms with Crippen LogP contribution in [0.3, 0.4) is 0 Å². The Labute approximate surface area is 373 Å². The molecule has 0 saturated carbocycles. The number of ether oxygens (including phenoxy) is 6. The minimum Gasteiger partial charge on any atom is -0.457 e. The third-order valence-corrected chi connectivity index (χ3v) is 12.2. The zero-order valence-corrected chi connectivity index (χ0v) is 38.5. The van der Waals surface area contributed by atoms with Gasteiger partial charge in [-0.3, -0.25) is 4.79 Å². The van der Waals surface area contributed by atoms with E-state index in [9.17, 15) is 45.6 Å². The topological polar surface area (TPSA) is 234 Å². The molecule has 0 aromatic carbocycles. The number of esters is 1. The number of carbonyl (C=O) groups excluding carboxylic acids is 1. The molecule has 2 saturated heterocycles. The van der Waals surface area contributed by atoms with Crippen LogP contribution in [0.5, 0.6) is 0 Å². The maximum absolute atomic E-state index is 13.0. The first-order valence-corrected chi connectivity index (χ1v) is 24.8. The number of unbranched alkanes of at least 4 members (excludes halogenated alkanes) is 24. The molecule has 368 valence electrons. The van der Waals surface area contributed by atoms with Crippen LogP contribution in [0, 0.1) is 0 Å². The quantitative estimate of drug-likeness (QED) is 0.0206. The lowest BCUT2D eigenvalue weighted by atomic mass is 9.98. The van der Waals surface area contributed by atoms with Crippen LogP contribution in [-0.4, -0.2) is 147 Å². The lowest BCUT2D eigenvalue weighted by Crippen LogP contribution is -2.61. The Morgan fingerprint density at radius 1 is 0.500 bits per heavy atom. The largest absolute Gasteiger partial charge is 0.457 e. The van der Waals surface area contributed by atoms with Crippen LogP contribution in [0.15, 0.2) is 0 Å². The van der Waals surface area contributed by atoms with Crippen molar-refractivity contribution < 1.29 is 74.1 Å². The van der Waals surface area contributed by atoms with Crippen molar-refractivity contribution in [1.29, 1.82) is 0 Å². The van der Waals surface area contributed by atoms with E-state index in [1.54, 1.807) is 0 Å². The third-order valence-electron chi connectivity index (χ3n) is 12.2.